The number of rotatable bonds is 4. The molecule has 0 saturated carbocycles. The fraction of sp³-hybridized carbons (Fsp3) is 0.250. The fourth-order valence-corrected chi connectivity index (χ4v) is 1.63. The maximum atomic E-state index is 13.3. The molecule has 6 heteroatoms. The third kappa shape index (κ3) is 2.64. The Morgan fingerprint density at radius 2 is 1.89 bits per heavy atom. The summed E-state index contributed by atoms with van der Waals surface area (Å²) >= 11 is 0. The summed E-state index contributed by atoms with van der Waals surface area (Å²) in [6.07, 6.45) is 2.27. The first kappa shape index (κ1) is 12.5. The summed E-state index contributed by atoms with van der Waals surface area (Å²) in [6, 6.07) is 3.18. The van der Waals surface area contributed by atoms with Crippen LogP contribution in [0.5, 0.6) is 0 Å². The van der Waals surface area contributed by atoms with Gasteiger partial charge in [0.05, 0.1) is 5.69 Å². The molecule has 2 aromatic rings. The van der Waals surface area contributed by atoms with Crippen LogP contribution in [-0.4, -0.2) is 16.3 Å². The summed E-state index contributed by atoms with van der Waals surface area (Å²) in [5.41, 5.74) is 0.918. The van der Waals surface area contributed by atoms with Crippen LogP contribution in [0, 0.1) is 17.5 Å². The van der Waals surface area contributed by atoms with Gasteiger partial charge in [0.1, 0.15) is 5.82 Å². The van der Waals surface area contributed by atoms with E-state index in [1.807, 2.05) is 6.07 Å². The zero-order chi connectivity index (χ0) is 13.1. The van der Waals surface area contributed by atoms with Crippen molar-refractivity contribution in [2.24, 2.45) is 7.05 Å². The summed E-state index contributed by atoms with van der Waals surface area (Å²) in [6.45, 7) is 0.404. The van der Waals surface area contributed by atoms with Crippen molar-refractivity contribution in [3.63, 3.8) is 0 Å². The monoisotopic (exact) mass is 255 g/mol. The van der Waals surface area contributed by atoms with Crippen LogP contribution < -0.4 is 5.32 Å². The first-order valence-electron chi connectivity index (χ1n) is 5.43. The van der Waals surface area contributed by atoms with E-state index in [1.54, 1.807) is 17.9 Å². The van der Waals surface area contributed by atoms with E-state index in [-0.39, 0.29) is 5.69 Å². The average Bonchev–Trinajstić information content (AvgIpc) is 2.72. The minimum absolute atomic E-state index is 0.0453. The number of halogens is 3. The van der Waals surface area contributed by atoms with Crippen LogP contribution in [0.25, 0.3) is 0 Å². The van der Waals surface area contributed by atoms with Crippen molar-refractivity contribution in [3.8, 4) is 0 Å². The highest BCUT2D eigenvalue weighted by atomic mass is 19.2. The number of anilines is 1. The van der Waals surface area contributed by atoms with Gasteiger partial charge in [-0.15, -0.1) is 0 Å². The second-order valence-corrected chi connectivity index (χ2v) is 3.87. The Labute approximate surface area is 102 Å². The number of hydrogen-bond acceptors (Lipinski definition) is 2. The van der Waals surface area contributed by atoms with Gasteiger partial charge in [0.15, 0.2) is 11.6 Å². The molecule has 0 amide bonds. The largest absolute Gasteiger partial charge is 0.382 e. The lowest BCUT2D eigenvalue weighted by Gasteiger charge is -2.08. The predicted molar refractivity (Wildman–Crippen MR) is 61.7 cm³/mol. The van der Waals surface area contributed by atoms with E-state index in [0.717, 1.165) is 11.8 Å². The minimum Gasteiger partial charge on any atom is -0.382 e. The highest BCUT2D eigenvalue weighted by molar-refractivity contribution is 5.45. The zero-order valence-corrected chi connectivity index (χ0v) is 9.75. The lowest BCUT2D eigenvalue weighted by molar-refractivity contribution is 0.496. The average molecular weight is 255 g/mol. The molecule has 0 bridgehead atoms. The molecule has 0 unspecified atom stereocenters. The van der Waals surface area contributed by atoms with E-state index < -0.39 is 17.5 Å². The summed E-state index contributed by atoms with van der Waals surface area (Å²) < 4.78 is 40.6. The summed E-state index contributed by atoms with van der Waals surface area (Å²) in [5, 5.41) is 6.71. The van der Waals surface area contributed by atoms with E-state index in [0.29, 0.717) is 19.0 Å². The van der Waals surface area contributed by atoms with Crippen molar-refractivity contribution >= 4 is 5.69 Å². The maximum Gasteiger partial charge on any atom is 0.161 e. The van der Waals surface area contributed by atoms with Gasteiger partial charge in [-0.3, -0.25) is 4.68 Å². The maximum absolute atomic E-state index is 13.3. The molecule has 18 heavy (non-hydrogen) atoms. The Bertz CT molecular complexity index is 551. The van der Waals surface area contributed by atoms with Gasteiger partial charge in [0, 0.05) is 44.0 Å². The summed E-state index contributed by atoms with van der Waals surface area (Å²) in [4.78, 5) is 0. The lowest BCUT2D eigenvalue weighted by Crippen LogP contribution is -2.09. The van der Waals surface area contributed by atoms with Crippen LogP contribution in [0.1, 0.15) is 5.69 Å². The van der Waals surface area contributed by atoms with Crippen molar-refractivity contribution in [1.29, 1.82) is 0 Å². The second kappa shape index (κ2) is 5.12. The van der Waals surface area contributed by atoms with Gasteiger partial charge in [-0.2, -0.15) is 5.10 Å². The number of aromatic nitrogens is 2. The number of benzene rings is 1. The Balaban J connectivity index is 1.99. The molecular weight excluding hydrogens is 243 g/mol. The van der Waals surface area contributed by atoms with Crippen molar-refractivity contribution in [2.45, 2.75) is 6.42 Å². The van der Waals surface area contributed by atoms with Crippen LogP contribution >= 0.6 is 0 Å². The molecule has 0 radical (unpaired) electrons. The van der Waals surface area contributed by atoms with E-state index in [4.69, 9.17) is 0 Å². The van der Waals surface area contributed by atoms with Gasteiger partial charge in [0.2, 0.25) is 0 Å². The van der Waals surface area contributed by atoms with Gasteiger partial charge in [-0.1, -0.05) is 0 Å². The molecule has 96 valence electrons. The van der Waals surface area contributed by atoms with Gasteiger partial charge in [-0.05, 0) is 6.07 Å². The number of nitrogens with one attached hydrogen (secondary N) is 1. The molecule has 3 nitrogen and oxygen atoms in total. The molecule has 0 aliphatic carbocycles. The Morgan fingerprint density at radius 3 is 2.56 bits per heavy atom. The van der Waals surface area contributed by atoms with E-state index in [2.05, 4.69) is 10.4 Å². The van der Waals surface area contributed by atoms with E-state index in [9.17, 15) is 13.2 Å². The van der Waals surface area contributed by atoms with Crippen LogP contribution in [0.3, 0.4) is 0 Å². The highest BCUT2D eigenvalue weighted by Gasteiger charge is 2.09. The van der Waals surface area contributed by atoms with Crippen LogP contribution in [-0.2, 0) is 13.5 Å². The van der Waals surface area contributed by atoms with Crippen molar-refractivity contribution in [2.75, 3.05) is 11.9 Å². The van der Waals surface area contributed by atoms with Gasteiger partial charge < -0.3 is 5.32 Å². The number of nitrogens with zero attached hydrogens (tertiary/aromatic N) is 2. The molecule has 1 N–H and O–H groups in total. The normalized spacial score (nSPS) is 10.7. The third-order valence-electron chi connectivity index (χ3n) is 2.63. The quantitative estimate of drug-likeness (QED) is 0.851. The van der Waals surface area contributed by atoms with Crippen LogP contribution in [0.2, 0.25) is 0 Å². The van der Waals surface area contributed by atoms with E-state index >= 15 is 0 Å². The van der Waals surface area contributed by atoms with E-state index in [1.165, 1.54) is 0 Å². The third-order valence-corrected chi connectivity index (χ3v) is 2.63. The molecule has 2 rings (SSSR count). The van der Waals surface area contributed by atoms with Crippen LogP contribution in [0.4, 0.5) is 18.9 Å². The first-order valence-corrected chi connectivity index (χ1v) is 5.43. The molecular formula is C12H12F3N3. The highest BCUT2D eigenvalue weighted by Crippen LogP contribution is 2.18. The SMILES string of the molecule is Cn1nccc1CCNc1cc(F)c(F)cc1F. The Hall–Kier alpha value is -1.98. The molecule has 1 aromatic carbocycles. The minimum atomic E-state index is -1.19. The molecule has 1 heterocycles. The molecule has 0 aliphatic heterocycles. The second-order valence-electron chi connectivity index (χ2n) is 3.87. The standard InChI is InChI=1S/C12H12F3N3/c1-18-8(3-5-17-18)2-4-16-12-7-10(14)9(13)6-11(12)15/h3,5-7,16H,2,4H2,1H3. The molecule has 0 fully saturated rings. The summed E-state index contributed by atoms with van der Waals surface area (Å²) in [5.74, 6) is -3.07. The van der Waals surface area contributed by atoms with Crippen LogP contribution in [0.15, 0.2) is 24.4 Å². The topological polar surface area (TPSA) is 29.9 Å². The lowest BCUT2D eigenvalue weighted by atomic mass is 10.2. The smallest absolute Gasteiger partial charge is 0.161 e. The Morgan fingerprint density at radius 1 is 1.17 bits per heavy atom. The van der Waals surface area contributed by atoms with Crippen molar-refractivity contribution in [3.05, 3.63) is 47.5 Å². The van der Waals surface area contributed by atoms with Gasteiger partial charge in [-0.25, -0.2) is 13.2 Å². The fourth-order valence-electron chi connectivity index (χ4n) is 1.63. The predicted octanol–water partition coefficient (Wildman–Crippen LogP) is 2.49. The van der Waals surface area contributed by atoms with Gasteiger partial charge in [0.25, 0.3) is 0 Å². The molecule has 1 aromatic heterocycles. The summed E-state index contributed by atoms with van der Waals surface area (Å²) in [7, 11) is 1.80. The van der Waals surface area contributed by atoms with Crippen molar-refractivity contribution < 1.29 is 13.2 Å². The number of aryl methyl sites for hydroxylation is 1. The molecule has 0 atom stereocenters. The molecule has 0 spiro atoms. The van der Waals surface area contributed by atoms with Crippen molar-refractivity contribution in [1.82, 2.24) is 9.78 Å². The Kier molecular flexibility index (Phi) is 3.55. The molecule has 0 aliphatic rings. The molecule has 0 saturated heterocycles. The first-order chi connectivity index (χ1) is 8.58. The number of hydrogen-bond donors (Lipinski definition) is 1. The van der Waals surface area contributed by atoms with Gasteiger partial charge >= 0.3 is 0 Å². The zero-order valence-electron chi connectivity index (χ0n) is 9.75.